The van der Waals surface area contributed by atoms with Gasteiger partial charge in [0.05, 0.1) is 11.6 Å². The van der Waals surface area contributed by atoms with Crippen molar-refractivity contribution in [1.29, 1.82) is 0 Å². The van der Waals surface area contributed by atoms with Crippen molar-refractivity contribution in [3.63, 3.8) is 0 Å². The van der Waals surface area contributed by atoms with Crippen LogP contribution >= 0.6 is 0 Å². The summed E-state index contributed by atoms with van der Waals surface area (Å²) in [5.41, 5.74) is 6.29. The van der Waals surface area contributed by atoms with Gasteiger partial charge in [0.1, 0.15) is 0 Å². The van der Waals surface area contributed by atoms with Gasteiger partial charge in [-0.3, -0.25) is 14.4 Å². The fraction of sp³-hybridized carbons (Fsp3) is 0.667. The van der Waals surface area contributed by atoms with Gasteiger partial charge in [0.2, 0.25) is 5.91 Å². The van der Waals surface area contributed by atoms with Crippen LogP contribution in [0.4, 0.5) is 0 Å². The van der Waals surface area contributed by atoms with Gasteiger partial charge in [-0.1, -0.05) is 0 Å². The van der Waals surface area contributed by atoms with Gasteiger partial charge < -0.3 is 5.73 Å². The lowest BCUT2D eigenvalue weighted by molar-refractivity contribution is -0.129. The third-order valence-corrected chi connectivity index (χ3v) is 3.53. The van der Waals surface area contributed by atoms with E-state index in [2.05, 4.69) is 10.00 Å². The zero-order valence-electron chi connectivity index (χ0n) is 10.5. The van der Waals surface area contributed by atoms with Crippen molar-refractivity contribution in [2.75, 3.05) is 13.1 Å². The molecule has 1 aliphatic rings. The van der Waals surface area contributed by atoms with Crippen molar-refractivity contribution in [3.8, 4) is 0 Å². The molecular weight excluding hydrogens is 216 g/mol. The van der Waals surface area contributed by atoms with Crippen LogP contribution in [0.15, 0.2) is 12.4 Å². The predicted octanol–water partition coefficient (Wildman–Crippen LogP) is 0.508. The number of aromatic nitrogens is 2. The van der Waals surface area contributed by atoms with Gasteiger partial charge in [0.15, 0.2) is 0 Å². The summed E-state index contributed by atoms with van der Waals surface area (Å²) in [5.74, 6) is -0.187. The van der Waals surface area contributed by atoms with Crippen molar-refractivity contribution in [2.24, 2.45) is 18.2 Å². The Morgan fingerprint density at radius 1 is 1.65 bits per heavy atom. The van der Waals surface area contributed by atoms with E-state index in [1.807, 2.05) is 26.4 Å². The van der Waals surface area contributed by atoms with Crippen LogP contribution in [0.25, 0.3) is 0 Å². The summed E-state index contributed by atoms with van der Waals surface area (Å²) in [6.45, 7) is 4.58. The van der Waals surface area contributed by atoms with E-state index in [9.17, 15) is 4.79 Å². The highest BCUT2D eigenvalue weighted by molar-refractivity contribution is 5.80. The number of piperidine rings is 1. The topological polar surface area (TPSA) is 64.2 Å². The lowest BCUT2D eigenvalue weighted by atomic mass is 9.81. The van der Waals surface area contributed by atoms with Gasteiger partial charge in [-0.15, -0.1) is 0 Å². The quantitative estimate of drug-likeness (QED) is 0.831. The lowest BCUT2D eigenvalue weighted by Crippen LogP contribution is -2.48. The monoisotopic (exact) mass is 236 g/mol. The molecule has 17 heavy (non-hydrogen) atoms. The maximum atomic E-state index is 11.5. The number of amides is 1. The van der Waals surface area contributed by atoms with Gasteiger partial charge in [-0.25, -0.2) is 0 Å². The molecule has 2 heterocycles. The maximum absolute atomic E-state index is 11.5. The van der Waals surface area contributed by atoms with Gasteiger partial charge in [-0.2, -0.15) is 5.10 Å². The molecular formula is C12H20N4O. The predicted molar refractivity (Wildman–Crippen MR) is 65.0 cm³/mol. The third kappa shape index (κ3) is 2.66. The fourth-order valence-electron chi connectivity index (χ4n) is 2.49. The molecule has 0 radical (unpaired) electrons. The molecule has 1 saturated heterocycles. The van der Waals surface area contributed by atoms with E-state index < -0.39 is 0 Å². The van der Waals surface area contributed by atoms with Gasteiger partial charge >= 0.3 is 0 Å². The van der Waals surface area contributed by atoms with Crippen molar-refractivity contribution >= 4 is 5.91 Å². The van der Waals surface area contributed by atoms with Crippen LogP contribution in [0.2, 0.25) is 0 Å². The number of likely N-dealkylation sites (tertiary alicyclic amines) is 1. The molecule has 5 nitrogen and oxygen atoms in total. The molecule has 94 valence electrons. The molecule has 1 amide bonds. The molecule has 1 atom stereocenters. The summed E-state index contributed by atoms with van der Waals surface area (Å²) in [6, 6.07) is 0. The summed E-state index contributed by atoms with van der Waals surface area (Å²) in [4.78, 5) is 13.7. The number of hydrogen-bond acceptors (Lipinski definition) is 3. The summed E-state index contributed by atoms with van der Waals surface area (Å²) >= 11 is 0. The van der Waals surface area contributed by atoms with Crippen LogP contribution < -0.4 is 5.73 Å². The van der Waals surface area contributed by atoms with Crippen molar-refractivity contribution in [2.45, 2.75) is 26.3 Å². The number of primary amides is 1. The molecule has 1 aromatic heterocycles. The second-order valence-electron chi connectivity index (χ2n) is 5.26. The van der Waals surface area contributed by atoms with Crippen LogP contribution in [0.5, 0.6) is 0 Å². The van der Waals surface area contributed by atoms with Crippen molar-refractivity contribution in [1.82, 2.24) is 14.7 Å². The molecule has 0 aliphatic carbocycles. The summed E-state index contributed by atoms with van der Waals surface area (Å²) < 4.78 is 1.80. The number of carbonyl (C=O) groups excluding carboxylic acids is 1. The molecule has 0 saturated carbocycles. The Labute approximate surface area is 102 Å². The van der Waals surface area contributed by atoms with E-state index in [0.29, 0.717) is 0 Å². The average molecular weight is 236 g/mol. The normalized spacial score (nSPS) is 26.0. The Morgan fingerprint density at radius 2 is 2.41 bits per heavy atom. The van der Waals surface area contributed by atoms with E-state index in [1.165, 1.54) is 5.56 Å². The van der Waals surface area contributed by atoms with E-state index in [4.69, 9.17) is 5.73 Å². The Bertz CT molecular complexity index is 414. The first-order chi connectivity index (χ1) is 7.99. The van der Waals surface area contributed by atoms with Crippen LogP contribution in [0.3, 0.4) is 0 Å². The standard InChI is InChI=1S/C12H20N4O/c1-12(11(13)17)4-3-5-16(9-12)8-10-6-14-15(2)7-10/h6-7H,3-5,8-9H2,1-2H3,(H2,13,17)/t12-/m1/s1. The molecule has 1 aliphatic heterocycles. The first-order valence-electron chi connectivity index (χ1n) is 5.99. The number of nitrogens with zero attached hydrogens (tertiary/aromatic N) is 3. The smallest absolute Gasteiger partial charge is 0.224 e. The van der Waals surface area contributed by atoms with Crippen molar-refractivity contribution < 1.29 is 4.79 Å². The van der Waals surface area contributed by atoms with E-state index in [-0.39, 0.29) is 11.3 Å². The molecule has 2 N–H and O–H groups in total. The molecule has 1 fully saturated rings. The first-order valence-corrected chi connectivity index (χ1v) is 5.99. The Kier molecular flexibility index (Phi) is 3.19. The molecule has 0 unspecified atom stereocenters. The van der Waals surface area contributed by atoms with E-state index in [0.717, 1.165) is 32.5 Å². The number of carbonyl (C=O) groups is 1. The summed E-state index contributed by atoms with van der Waals surface area (Å²) in [5, 5.41) is 4.15. The Morgan fingerprint density at radius 3 is 3.00 bits per heavy atom. The minimum absolute atomic E-state index is 0.187. The van der Waals surface area contributed by atoms with Gasteiger partial charge in [-0.05, 0) is 26.3 Å². The molecule has 0 spiro atoms. The third-order valence-electron chi connectivity index (χ3n) is 3.53. The number of nitrogens with two attached hydrogens (primary N) is 1. The van der Waals surface area contributed by atoms with Gasteiger partial charge in [0, 0.05) is 31.9 Å². The SMILES string of the molecule is Cn1cc(CN2CCC[C@@](C)(C(N)=O)C2)cn1. The maximum Gasteiger partial charge on any atom is 0.224 e. The zero-order valence-corrected chi connectivity index (χ0v) is 10.5. The largest absolute Gasteiger partial charge is 0.369 e. The number of hydrogen-bond donors (Lipinski definition) is 1. The minimum atomic E-state index is -0.375. The second kappa shape index (κ2) is 4.49. The highest BCUT2D eigenvalue weighted by Gasteiger charge is 2.36. The van der Waals surface area contributed by atoms with Crippen LogP contribution in [-0.2, 0) is 18.4 Å². The van der Waals surface area contributed by atoms with E-state index in [1.54, 1.807) is 4.68 Å². The second-order valence-corrected chi connectivity index (χ2v) is 5.26. The molecule has 1 aromatic rings. The van der Waals surface area contributed by atoms with Crippen LogP contribution in [0.1, 0.15) is 25.3 Å². The summed E-state index contributed by atoms with van der Waals surface area (Å²) in [6.07, 6.45) is 5.80. The van der Waals surface area contributed by atoms with Crippen molar-refractivity contribution in [3.05, 3.63) is 18.0 Å². The number of aryl methyl sites for hydroxylation is 1. The number of rotatable bonds is 3. The molecule has 0 bridgehead atoms. The average Bonchev–Trinajstić information content (AvgIpc) is 2.64. The molecule has 2 rings (SSSR count). The minimum Gasteiger partial charge on any atom is -0.369 e. The van der Waals surface area contributed by atoms with Gasteiger partial charge in [0.25, 0.3) is 0 Å². The first kappa shape index (κ1) is 12.1. The highest BCUT2D eigenvalue weighted by Crippen LogP contribution is 2.29. The van der Waals surface area contributed by atoms with E-state index >= 15 is 0 Å². The van der Waals surface area contributed by atoms with Crippen LogP contribution in [0, 0.1) is 5.41 Å². The fourth-order valence-corrected chi connectivity index (χ4v) is 2.49. The molecule has 0 aromatic carbocycles. The Hall–Kier alpha value is -1.36. The highest BCUT2D eigenvalue weighted by atomic mass is 16.1. The van der Waals surface area contributed by atoms with Crippen LogP contribution in [-0.4, -0.2) is 33.7 Å². The lowest BCUT2D eigenvalue weighted by Gasteiger charge is -2.38. The zero-order chi connectivity index (χ0) is 12.5. The Balaban J connectivity index is 2.00. The molecule has 5 heteroatoms. The summed E-state index contributed by atoms with van der Waals surface area (Å²) in [7, 11) is 1.91.